The Hall–Kier alpha value is -2.51. The first-order valence-electron chi connectivity index (χ1n) is 6.27. The number of carbonyl (C=O) groups is 2. The molecule has 1 aliphatic heterocycles. The van der Waals surface area contributed by atoms with Crippen molar-refractivity contribution in [1.82, 2.24) is 4.90 Å². The lowest BCUT2D eigenvalue weighted by molar-refractivity contribution is -0.385. The van der Waals surface area contributed by atoms with Crippen molar-refractivity contribution in [1.29, 1.82) is 0 Å². The van der Waals surface area contributed by atoms with Crippen molar-refractivity contribution in [3.8, 4) is 0 Å². The molecule has 112 valence electrons. The maximum absolute atomic E-state index is 13.8. The van der Waals surface area contributed by atoms with Gasteiger partial charge in [-0.1, -0.05) is 6.92 Å². The summed E-state index contributed by atoms with van der Waals surface area (Å²) in [5.41, 5.74) is -0.735. The minimum atomic E-state index is -0.998. The molecule has 0 aromatic heterocycles. The molecule has 1 saturated heterocycles. The molecule has 1 aromatic carbocycles. The van der Waals surface area contributed by atoms with Crippen LogP contribution in [0.1, 0.15) is 17.3 Å². The lowest BCUT2D eigenvalue weighted by Crippen LogP contribution is -2.30. The second kappa shape index (κ2) is 5.47. The van der Waals surface area contributed by atoms with E-state index in [1.165, 1.54) is 4.90 Å². The molecule has 0 bridgehead atoms. The summed E-state index contributed by atoms with van der Waals surface area (Å²) in [6.07, 6.45) is 0. The average Bonchev–Trinajstić information content (AvgIpc) is 2.80. The average molecular weight is 296 g/mol. The molecular formula is C13H13FN2O5. The highest BCUT2D eigenvalue weighted by Crippen LogP contribution is 2.26. The monoisotopic (exact) mass is 296 g/mol. The number of rotatable bonds is 3. The number of likely N-dealkylation sites (tertiary alicyclic amines) is 1. The number of carbonyl (C=O) groups excluding carboxylic acids is 1. The van der Waals surface area contributed by atoms with Crippen molar-refractivity contribution in [3.05, 3.63) is 39.7 Å². The van der Waals surface area contributed by atoms with Crippen molar-refractivity contribution in [2.24, 2.45) is 11.8 Å². The van der Waals surface area contributed by atoms with Gasteiger partial charge in [-0.2, -0.15) is 0 Å². The van der Waals surface area contributed by atoms with E-state index in [-0.39, 0.29) is 24.6 Å². The third-order valence-electron chi connectivity index (χ3n) is 3.61. The fraction of sp³-hybridized carbons (Fsp3) is 0.385. The van der Waals surface area contributed by atoms with E-state index in [0.717, 1.165) is 12.1 Å². The van der Waals surface area contributed by atoms with Crippen molar-refractivity contribution in [3.63, 3.8) is 0 Å². The fourth-order valence-electron chi connectivity index (χ4n) is 2.42. The second-order valence-electron chi connectivity index (χ2n) is 5.05. The van der Waals surface area contributed by atoms with Crippen molar-refractivity contribution >= 4 is 17.6 Å². The van der Waals surface area contributed by atoms with Crippen LogP contribution in [0.15, 0.2) is 18.2 Å². The molecular weight excluding hydrogens is 283 g/mol. The van der Waals surface area contributed by atoms with Crippen molar-refractivity contribution in [2.75, 3.05) is 13.1 Å². The summed E-state index contributed by atoms with van der Waals surface area (Å²) >= 11 is 0. The number of halogens is 1. The summed E-state index contributed by atoms with van der Waals surface area (Å²) in [4.78, 5) is 34.2. The third kappa shape index (κ3) is 2.83. The number of carboxylic acid groups (broad SMARTS) is 1. The van der Waals surface area contributed by atoms with Gasteiger partial charge in [0, 0.05) is 19.2 Å². The van der Waals surface area contributed by atoms with Crippen LogP contribution in [0.3, 0.4) is 0 Å². The van der Waals surface area contributed by atoms with Crippen molar-refractivity contribution in [2.45, 2.75) is 6.92 Å². The number of nitrogens with zero attached hydrogens (tertiary/aromatic N) is 2. The Morgan fingerprint density at radius 3 is 2.57 bits per heavy atom. The minimum Gasteiger partial charge on any atom is -0.481 e. The van der Waals surface area contributed by atoms with E-state index < -0.39 is 34.2 Å². The van der Waals surface area contributed by atoms with Crippen LogP contribution < -0.4 is 0 Å². The van der Waals surface area contributed by atoms with E-state index in [1.807, 2.05) is 0 Å². The Balaban J connectivity index is 2.22. The highest BCUT2D eigenvalue weighted by Gasteiger charge is 2.37. The van der Waals surface area contributed by atoms with E-state index >= 15 is 0 Å². The molecule has 2 rings (SSSR count). The van der Waals surface area contributed by atoms with E-state index in [0.29, 0.717) is 6.07 Å². The van der Waals surface area contributed by atoms with Crippen LogP contribution in [0.5, 0.6) is 0 Å². The molecule has 1 aliphatic rings. The highest BCUT2D eigenvalue weighted by molar-refractivity contribution is 5.95. The van der Waals surface area contributed by atoms with Crippen LogP contribution in [0, 0.1) is 27.8 Å². The predicted molar refractivity (Wildman–Crippen MR) is 69.2 cm³/mol. The molecule has 0 spiro atoms. The van der Waals surface area contributed by atoms with E-state index in [4.69, 9.17) is 5.11 Å². The largest absolute Gasteiger partial charge is 0.481 e. The van der Waals surface area contributed by atoms with Gasteiger partial charge in [0.25, 0.3) is 11.6 Å². The number of carboxylic acids is 1. The third-order valence-corrected chi connectivity index (χ3v) is 3.61. The van der Waals surface area contributed by atoms with E-state index in [2.05, 4.69) is 0 Å². The minimum absolute atomic E-state index is 0.00572. The maximum Gasteiger partial charge on any atom is 0.308 e. The normalized spacial score (nSPS) is 21.3. The zero-order valence-corrected chi connectivity index (χ0v) is 11.2. The number of non-ortho nitro benzene ring substituents is 1. The Morgan fingerprint density at radius 2 is 2.10 bits per heavy atom. The first-order valence-corrected chi connectivity index (χ1v) is 6.27. The highest BCUT2D eigenvalue weighted by atomic mass is 19.1. The zero-order valence-electron chi connectivity index (χ0n) is 11.2. The van der Waals surface area contributed by atoms with Crippen LogP contribution in [0.2, 0.25) is 0 Å². The standard InChI is InChI=1S/C13H13FN2O5/c1-7-5-15(6-10(7)13(18)19)12(17)9-3-2-8(16(20)21)4-11(9)14/h2-4,7,10H,5-6H2,1H3,(H,18,19)/t7-,10-/m1/s1. The van der Waals surface area contributed by atoms with Gasteiger partial charge in [-0.15, -0.1) is 0 Å². The summed E-state index contributed by atoms with van der Waals surface area (Å²) in [6, 6.07) is 2.78. The van der Waals surface area contributed by atoms with Gasteiger partial charge in [-0.3, -0.25) is 19.7 Å². The molecule has 1 amide bonds. The molecule has 2 atom stereocenters. The van der Waals surface area contributed by atoms with Crippen molar-refractivity contribution < 1.29 is 24.0 Å². The lowest BCUT2D eigenvalue weighted by Gasteiger charge is -2.16. The molecule has 0 unspecified atom stereocenters. The molecule has 7 nitrogen and oxygen atoms in total. The number of nitro benzene ring substituents is 1. The topological polar surface area (TPSA) is 101 Å². The van der Waals surface area contributed by atoms with E-state index in [9.17, 15) is 24.1 Å². The summed E-state index contributed by atoms with van der Waals surface area (Å²) < 4.78 is 13.8. The second-order valence-corrected chi connectivity index (χ2v) is 5.05. The summed E-state index contributed by atoms with van der Waals surface area (Å²) in [7, 11) is 0. The van der Waals surface area contributed by atoms with Gasteiger partial charge in [0.05, 0.1) is 22.5 Å². The smallest absolute Gasteiger partial charge is 0.308 e. The first kappa shape index (κ1) is 14.9. The van der Waals surface area contributed by atoms with Gasteiger partial charge < -0.3 is 10.0 Å². The van der Waals surface area contributed by atoms with Crippen LogP contribution in [-0.4, -0.2) is 39.9 Å². The number of hydrogen-bond acceptors (Lipinski definition) is 4. The zero-order chi connectivity index (χ0) is 15.7. The fourth-order valence-corrected chi connectivity index (χ4v) is 2.42. The van der Waals surface area contributed by atoms with Gasteiger partial charge in [-0.25, -0.2) is 4.39 Å². The Kier molecular flexibility index (Phi) is 3.88. The number of aliphatic carboxylic acids is 1. The molecule has 0 radical (unpaired) electrons. The number of nitro groups is 1. The lowest BCUT2D eigenvalue weighted by atomic mass is 9.99. The van der Waals surface area contributed by atoms with Crippen LogP contribution in [0.4, 0.5) is 10.1 Å². The number of amides is 1. The van der Waals surface area contributed by atoms with Gasteiger partial charge in [0.1, 0.15) is 5.82 Å². The number of hydrogen-bond donors (Lipinski definition) is 1. The van der Waals surface area contributed by atoms with Crippen LogP contribution >= 0.6 is 0 Å². The van der Waals surface area contributed by atoms with E-state index in [1.54, 1.807) is 6.92 Å². The van der Waals surface area contributed by atoms with Gasteiger partial charge in [-0.05, 0) is 12.0 Å². The number of benzene rings is 1. The molecule has 1 aromatic rings. The van der Waals surface area contributed by atoms with Crippen LogP contribution in [-0.2, 0) is 4.79 Å². The summed E-state index contributed by atoms with van der Waals surface area (Å²) in [5, 5.41) is 19.5. The molecule has 8 heteroatoms. The van der Waals surface area contributed by atoms with Gasteiger partial charge in [0.15, 0.2) is 0 Å². The molecule has 21 heavy (non-hydrogen) atoms. The maximum atomic E-state index is 13.8. The first-order chi connectivity index (χ1) is 9.81. The summed E-state index contributed by atoms with van der Waals surface area (Å²) in [5.74, 6) is -3.55. The van der Waals surface area contributed by atoms with Gasteiger partial charge in [0.2, 0.25) is 0 Å². The quantitative estimate of drug-likeness (QED) is 0.673. The molecule has 1 N–H and O–H groups in total. The molecule has 0 aliphatic carbocycles. The predicted octanol–water partition coefficient (Wildman–Crippen LogP) is 1.53. The SMILES string of the molecule is C[C@@H]1CN(C(=O)c2ccc([N+](=O)[O-])cc2F)C[C@H]1C(=O)O. The Labute approximate surface area is 119 Å². The van der Waals surface area contributed by atoms with Gasteiger partial charge >= 0.3 is 5.97 Å². The molecule has 0 saturated carbocycles. The summed E-state index contributed by atoms with van der Waals surface area (Å²) in [6.45, 7) is 1.93. The molecule has 1 fully saturated rings. The Bertz CT molecular complexity index is 619. The Morgan fingerprint density at radius 1 is 1.43 bits per heavy atom. The molecule has 1 heterocycles. The van der Waals surface area contributed by atoms with Crippen LogP contribution in [0.25, 0.3) is 0 Å².